The van der Waals surface area contributed by atoms with Gasteiger partial charge in [0, 0.05) is 11.6 Å². The molecule has 0 aromatic heterocycles. The largest absolute Gasteiger partial charge is 0.492 e. The average molecular weight is 361 g/mol. The molecule has 2 aromatic rings. The van der Waals surface area contributed by atoms with Gasteiger partial charge in [-0.05, 0) is 34.7 Å². The van der Waals surface area contributed by atoms with Crippen LogP contribution in [0.1, 0.15) is 31.9 Å². The van der Waals surface area contributed by atoms with Crippen molar-refractivity contribution in [2.45, 2.75) is 32.7 Å². The fourth-order valence-corrected chi connectivity index (χ4v) is 2.47. The standard InChI is InChI=1S/C20H25ClN2O2/c1-20(2,3)16-8-6-9-17(13-16)25-12-11-22-19(24)23-14-15-7-4-5-10-18(15)21/h4-10,13H,11-12,14H2,1-3H3,(H2,22,23,24). The summed E-state index contributed by atoms with van der Waals surface area (Å²) in [6.07, 6.45) is 0. The number of urea groups is 1. The lowest BCUT2D eigenvalue weighted by Crippen LogP contribution is -2.37. The number of ether oxygens (including phenoxy) is 1. The fraction of sp³-hybridized carbons (Fsp3) is 0.350. The van der Waals surface area contributed by atoms with E-state index in [9.17, 15) is 4.79 Å². The first kappa shape index (κ1) is 19.1. The Morgan fingerprint density at radius 1 is 1.08 bits per heavy atom. The van der Waals surface area contributed by atoms with Crippen LogP contribution in [0, 0.1) is 0 Å². The maximum atomic E-state index is 11.8. The number of nitrogens with one attached hydrogen (secondary N) is 2. The monoisotopic (exact) mass is 360 g/mol. The van der Waals surface area contributed by atoms with Gasteiger partial charge in [0.05, 0.1) is 6.54 Å². The zero-order chi connectivity index (χ0) is 18.3. The molecule has 0 atom stereocenters. The van der Waals surface area contributed by atoms with E-state index in [4.69, 9.17) is 16.3 Å². The van der Waals surface area contributed by atoms with E-state index in [0.29, 0.717) is 24.7 Å². The molecule has 2 aromatic carbocycles. The Labute approximate surface area is 154 Å². The molecule has 0 saturated carbocycles. The number of carbonyl (C=O) groups is 1. The summed E-state index contributed by atoms with van der Waals surface area (Å²) in [4.78, 5) is 11.8. The Hall–Kier alpha value is -2.20. The summed E-state index contributed by atoms with van der Waals surface area (Å²) in [5.41, 5.74) is 2.18. The molecule has 4 nitrogen and oxygen atoms in total. The van der Waals surface area contributed by atoms with Gasteiger partial charge in [0.15, 0.2) is 0 Å². The van der Waals surface area contributed by atoms with E-state index in [1.165, 1.54) is 5.56 Å². The predicted octanol–water partition coefficient (Wildman–Crippen LogP) is 4.52. The zero-order valence-electron chi connectivity index (χ0n) is 14.9. The van der Waals surface area contributed by atoms with Crippen molar-refractivity contribution in [1.29, 1.82) is 0 Å². The summed E-state index contributed by atoms with van der Waals surface area (Å²) in [5.74, 6) is 0.811. The van der Waals surface area contributed by atoms with Crippen molar-refractivity contribution in [2.24, 2.45) is 0 Å². The van der Waals surface area contributed by atoms with Crippen LogP contribution < -0.4 is 15.4 Å². The van der Waals surface area contributed by atoms with Crippen molar-refractivity contribution in [3.8, 4) is 5.75 Å². The van der Waals surface area contributed by atoms with Crippen LogP contribution in [-0.4, -0.2) is 19.2 Å². The highest BCUT2D eigenvalue weighted by Crippen LogP contribution is 2.25. The molecule has 0 heterocycles. The molecule has 2 rings (SSSR count). The van der Waals surface area contributed by atoms with Gasteiger partial charge >= 0.3 is 6.03 Å². The molecule has 0 fully saturated rings. The molecule has 0 unspecified atom stereocenters. The van der Waals surface area contributed by atoms with Crippen LogP contribution in [0.4, 0.5) is 4.79 Å². The van der Waals surface area contributed by atoms with E-state index >= 15 is 0 Å². The third-order valence-corrected chi connectivity index (χ3v) is 4.12. The van der Waals surface area contributed by atoms with Crippen molar-refractivity contribution in [1.82, 2.24) is 10.6 Å². The minimum Gasteiger partial charge on any atom is -0.492 e. The summed E-state index contributed by atoms with van der Waals surface area (Å²) in [7, 11) is 0. The van der Waals surface area contributed by atoms with Gasteiger partial charge < -0.3 is 15.4 Å². The third kappa shape index (κ3) is 6.31. The third-order valence-electron chi connectivity index (χ3n) is 3.75. The second-order valence-electron chi connectivity index (χ2n) is 6.83. The molecule has 0 radical (unpaired) electrons. The molecule has 0 aliphatic rings. The zero-order valence-corrected chi connectivity index (χ0v) is 15.7. The first-order valence-corrected chi connectivity index (χ1v) is 8.72. The van der Waals surface area contributed by atoms with Gasteiger partial charge in [0.25, 0.3) is 0 Å². The van der Waals surface area contributed by atoms with Crippen LogP contribution in [0.25, 0.3) is 0 Å². The second kappa shape index (κ2) is 8.77. The second-order valence-corrected chi connectivity index (χ2v) is 7.23. The molecule has 2 N–H and O–H groups in total. The molecular formula is C20H25ClN2O2. The number of rotatable bonds is 6. The van der Waals surface area contributed by atoms with Crippen LogP contribution in [0.5, 0.6) is 5.75 Å². The molecule has 0 aliphatic heterocycles. The number of benzene rings is 2. The average Bonchev–Trinajstić information content (AvgIpc) is 2.57. The quantitative estimate of drug-likeness (QED) is 0.744. The Kier molecular flexibility index (Phi) is 6.71. The first-order chi connectivity index (χ1) is 11.9. The highest BCUT2D eigenvalue weighted by molar-refractivity contribution is 6.31. The number of amides is 2. The minimum atomic E-state index is -0.244. The van der Waals surface area contributed by atoms with Crippen LogP contribution >= 0.6 is 11.6 Å². The summed E-state index contributed by atoms with van der Waals surface area (Å²) < 4.78 is 5.71. The molecule has 25 heavy (non-hydrogen) atoms. The van der Waals surface area contributed by atoms with Crippen molar-refractivity contribution in [3.05, 3.63) is 64.7 Å². The van der Waals surface area contributed by atoms with Crippen molar-refractivity contribution < 1.29 is 9.53 Å². The molecule has 0 bridgehead atoms. The summed E-state index contributed by atoms with van der Waals surface area (Å²) >= 11 is 6.06. The summed E-state index contributed by atoms with van der Waals surface area (Å²) in [5, 5.41) is 6.19. The van der Waals surface area contributed by atoms with Crippen molar-refractivity contribution in [2.75, 3.05) is 13.2 Å². The number of carbonyl (C=O) groups excluding carboxylic acids is 1. The molecule has 0 spiro atoms. The van der Waals surface area contributed by atoms with Crippen LogP contribution in [0.15, 0.2) is 48.5 Å². The van der Waals surface area contributed by atoms with Gasteiger partial charge in [-0.15, -0.1) is 0 Å². The van der Waals surface area contributed by atoms with E-state index in [0.717, 1.165) is 11.3 Å². The Bertz CT molecular complexity index is 711. The topological polar surface area (TPSA) is 50.4 Å². The summed E-state index contributed by atoms with van der Waals surface area (Å²) in [6.45, 7) is 7.71. The lowest BCUT2D eigenvalue weighted by molar-refractivity contribution is 0.236. The van der Waals surface area contributed by atoms with Gasteiger partial charge in [-0.1, -0.05) is 62.7 Å². The Morgan fingerprint density at radius 3 is 2.56 bits per heavy atom. The van der Waals surface area contributed by atoms with E-state index in [-0.39, 0.29) is 11.4 Å². The van der Waals surface area contributed by atoms with Gasteiger partial charge in [0.1, 0.15) is 12.4 Å². The van der Waals surface area contributed by atoms with Gasteiger partial charge in [-0.3, -0.25) is 0 Å². The van der Waals surface area contributed by atoms with Crippen molar-refractivity contribution in [3.63, 3.8) is 0 Å². The highest BCUT2D eigenvalue weighted by atomic mass is 35.5. The number of halogens is 1. The van der Waals surface area contributed by atoms with E-state index in [1.54, 1.807) is 6.07 Å². The Morgan fingerprint density at radius 2 is 1.84 bits per heavy atom. The molecule has 0 aliphatic carbocycles. The molecular weight excluding hydrogens is 336 g/mol. The van der Waals surface area contributed by atoms with Crippen LogP contribution in [0.3, 0.4) is 0 Å². The maximum absolute atomic E-state index is 11.8. The maximum Gasteiger partial charge on any atom is 0.315 e. The van der Waals surface area contributed by atoms with E-state index in [1.807, 2.05) is 36.4 Å². The number of hydrogen-bond acceptors (Lipinski definition) is 2. The summed E-state index contributed by atoms with van der Waals surface area (Å²) in [6, 6.07) is 15.2. The number of hydrogen-bond donors (Lipinski definition) is 2. The van der Waals surface area contributed by atoms with Gasteiger partial charge in [-0.2, -0.15) is 0 Å². The normalized spacial score (nSPS) is 11.0. The van der Waals surface area contributed by atoms with E-state index in [2.05, 4.69) is 37.5 Å². The first-order valence-electron chi connectivity index (χ1n) is 8.35. The van der Waals surface area contributed by atoms with Crippen molar-refractivity contribution >= 4 is 17.6 Å². The fourth-order valence-electron chi connectivity index (χ4n) is 2.27. The lowest BCUT2D eigenvalue weighted by Gasteiger charge is -2.19. The van der Waals surface area contributed by atoms with Gasteiger partial charge in [0.2, 0.25) is 0 Å². The highest BCUT2D eigenvalue weighted by Gasteiger charge is 2.13. The Balaban J connectivity index is 1.71. The minimum absolute atomic E-state index is 0.0796. The van der Waals surface area contributed by atoms with E-state index < -0.39 is 0 Å². The predicted molar refractivity (Wildman–Crippen MR) is 102 cm³/mol. The molecule has 2 amide bonds. The molecule has 5 heteroatoms. The SMILES string of the molecule is CC(C)(C)c1cccc(OCCNC(=O)NCc2ccccc2Cl)c1. The van der Waals surface area contributed by atoms with Crippen LogP contribution in [0.2, 0.25) is 5.02 Å². The van der Waals surface area contributed by atoms with Crippen LogP contribution in [-0.2, 0) is 12.0 Å². The smallest absolute Gasteiger partial charge is 0.315 e. The van der Waals surface area contributed by atoms with Gasteiger partial charge in [-0.25, -0.2) is 4.79 Å². The molecule has 134 valence electrons. The lowest BCUT2D eigenvalue weighted by atomic mass is 9.87. The molecule has 0 saturated heterocycles.